The van der Waals surface area contributed by atoms with Gasteiger partial charge in [0.15, 0.2) is 5.60 Å². The highest BCUT2D eigenvalue weighted by Gasteiger charge is 2.46. The van der Waals surface area contributed by atoms with Gasteiger partial charge in [0.25, 0.3) is 0 Å². The van der Waals surface area contributed by atoms with E-state index < -0.39 is 17.5 Å². The lowest BCUT2D eigenvalue weighted by Gasteiger charge is -2.33. The van der Waals surface area contributed by atoms with Crippen LogP contribution in [-0.4, -0.2) is 18.2 Å². The molecule has 0 aliphatic heterocycles. The number of ether oxygens (including phenoxy) is 1. The minimum atomic E-state index is -1.86. The molecule has 3 nitrogen and oxygen atoms in total. The quantitative estimate of drug-likeness (QED) is 0.563. The second kappa shape index (κ2) is 6.91. The molecule has 0 spiro atoms. The lowest BCUT2D eigenvalue weighted by atomic mass is 9.76. The number of methoxy groups -OCH3 is 1. The number of aliphatic hydroxyl groups is 1. The minimum Gasteiger partial charge on any atom is -0.467 e. The van der Waals surface area contributed by atoms with Gasteiger partial charge in [-0.15, -0.1) is 6.58 Å². The smallest absolute Gasteiger partial charge is 0.343 e. The van der Waals surface area contributed by atoms with Gasteiger partial charge in [-0.05, 0) is 21.9 Å². The summed E-state index contributed by atoms with van der Waals surface area (Å²) >= 11 is 0. The standard InChI is InChI=1S/C22H20O3/c1-3-20(19-15-9-11-16-10-7-8-14-18(16)19)22(24,21(23)25-2)17-12-5-4-6-13-17/h3-15,20,24H,1H2,2H3. The second-order valence-electron chi connectivity index (χ2n) is 5.91. The van der Waals surface area contributed by atoms with Crippen LogP contribution in [0.2, 0.25) is 0 Å². The van der Waals surface area contributed by atoms with E-state index in [9.17, 15) is 9.90 Å². The van der Waals surface area contributed by atoms with Crippen LogP contribution in [0.5, 0.6) is 0 Å². The zero-order valence-corrected chi connectivity index (χ0v) is 14.1. The zero-order valence-electron chi connectivity index (χ0n) is 14.1. The molecule has 0 aromatic heterocycles. The number of fused-ring (bicyclic) bond motifs is 1. The summed E-state index contributed by atoms with van der Waals surface area (Å²) in [7, 11) is 1.28. The van der Waals surface area contributed by atoms with E-state index in [1.54, 1.807) is 30.3 Å². The molecule has 0 radical (unpaired) electrons. The van der Waals surface area contributed by atoms with E-state index in [1.807, 2.05) is 48.5 Å². The monoisotopic (exact) mass is 332 g/mol. The maximum absolute atomic E-state index is 12.6. The predicted molar refractivity (Wildman–Crippen MR) is 99.2 cm³/mol. The molecule has 3 aromatic rings. The van der Waals surface area contributed by atoms with Crippen molar-refractivity contribution in [1.82, 2.24) is 0 Å². The van der Waals surface area contributed by atoms with Gasteiger partial charge in [0.2, 0.25) is 0 Å². The number of hydrogen-bond acceptors (Lipinski definition) is 3. The fourth-order valence-electron chi connectivity index (χ4n) is 3.32. The fraction of sp³-hybridized carbons (Fsp3) is 0.136. The van der Waals surface area contributed by atoms with Crippen LogP contribution in [0.1, 0.15) is 17.0 Å². The highest BCUT2D eigenvalue weighted by atomic mass is 16.5. The Morgan fingerprint density at radius 1 is 1.04 bits per heavy atom. The third-order valence-corrected chi connectivity index (χ3v) is 4.55. The first-order valence-electron chi connectivity index (χ1n) is 8.09. The van der Waals surface area contributed by atoms with Crippen molar-refractivity contribution in [3.63, 3.8) is 0 Å². The average Bonchev–Trinajstić information content (AvgIpc) is 2.68. The number of hydrogen-bond donors (Lipinski definition) is 1. The summed E-state index contributed by atoms with van der Waals surface area (Å²) < 4.78 is 4.95. The maximum atomic E-state index is 12.6. The molecule has 3 heteroatoms. The van der Waals surface area contributed by atoms with Crippen LogP contribution in [0.4, 0.5) is 0 Å². The zero-order chi connectivity index (χ0) is 17.9. The number of carbonyl (C=O) groups excluding carboxylic acids is 1. The molecule has 25 heavy (non-hydrogen) atoms. The van der Waals surface area contributed by atoms with E-state index >= 15 is 0 Å². The summed E-state index contributed by atoms with van der Waals surface area (Å²) in [5.41, 5.74) is -0.563. The van der Waals surface area contributed by atoms with Gasteiger partial charge in [-0.1, -0.05) is 78.9 Å². The van der Waals surface area contributed by atoms with Gasteiger partial charge >= 0.3 is 5.97 Å². The Labute approximate surface area is 147 Å². The lowest BCUT2D eigenvalue weighted by molar-refractivity contribution is -0.165. The van der Waals surface area contributed by atoms with Gasteiger partial charge in [-0.2, -0.15) is 0 Å². The molecule has 2 unspecified atom stereocenters. The lowest BCUT2D eigenvalue weighted by Crippen LogP contribution is -2.42. The highest BCUT2D eigenvalue weighted by molar-refractivity contribution is 5.89. The topological polar surface area (TPSA) is 46.5 Å². The van der Waals surface area contributed by atoms with Crippen molar-refractivity contribution in [3.8, 4) is 0 Å². The summed E-state index contributed by atoms with van der Waals surface area (Å²) in [4.78, 5) is 12.6. The van der Waals surface area contributed by atoms with Crippen molar-refractivity contribution in [2.45, 2.75) is 11.5 Å². The normalized spacial score (nSPS) is 14.5. The van der Waals surface area contributed by atoms with Crippen LogP contribution in [0.15, 0.2) is 85.5 Å². The number of esters is 1. The average molecular weight is 332 g/mol. The van der Waals surface area contributed by atoms with E-state index in [4.69, 9.17) is 4.74 Å². The first-order valence-corrected chi connectivity index (χ1v) is 8.09. The SMILES string of the molecule is C=CC(c1cccc2ccccc12)C(O)(C(=O)OC)c1ccccc1. The molecule has 0 bridgehead atoms. The van der Waals surface area contributed by atoms with Gasteiger partial charge in [-0.3, -0.25) is 0 Å². The van der Waals surface area contributed by atoms with E-state index in [1.165, 1.54) is 7.11 Å². The molecule has 0 saturated heterocycles. The van der Waals surface area contributed by atoms with Gasteiger partial charge in [0.05, 0.1) is 7.11 Å². The van der Waals surface area contributed by atoms with Crippen molar-refractivity contribution in [2.75, 3.05) is 7.11 Å². The molecule has 0 heterocycles. The summed E-state index contributed by atoms with van der Waals surface area (Å²) in [6.45, 7) is 3.88. The minimum absolute atomic E-state index is 0.472. The van der Waals surface area contributed by atoms with Crippen LogP contribution < -0.4 is 0 Å². The fourth-order valence-corrected chi connectivity index (χ4v) is 3.32. The molecule has 126 valence electrons. The summed E-state index contributed by atoms with van der Waals surface area (Å²) in [5, 5.41) is 13.5. The summed E-state index contributed by atoms with van der Waals surface area (Å²) in [6.07, 6.45) is 1.60. The van der Waals surface area contributed by atoms with Gasteiger partial charge in [0.1, 0.15) is 0 Å². The van der Waals surface area contributed by atoms with Gasteiger partial charge in [0, 0.05) is 5.92 Å². The maximum Gasteiger partial charge on any atom is 0.343 e. The number of rotatable bonds is 5. The predicted octanol–water partition coefficient (Wildman–Crippen LogP) is 4.17. The number of benzene rings is 3. The van der Waals surface area contributed by atoms with Gasteiger partial charge in [-0.25, -0.2) is 4.79 Å². The van der Waals surface area contributed by atoms with Crippen LogP contribution in [0.25, 0.3) is 10.8 Å². The third kappa shape index (κ3) is 2.83. The van der Waals surface area contributed by atoms with E-state index in [0.29, 0.717) is 5.56 Å². The van der Waals surface area contributed by atoms with Crippen molar-refractivity contribution in [3.05, 3.63) is 96.6 Å². The Morgan fingerprint density at radius 3 is 2.36 bits per heavy atom. The Morgan fingerprint density at radius 2 is 1.68 bits per heavy atom. The van der Waals surface area contributed by atoms with Crippen molar-refractivity contribution in [2.24, 2.45) is 0 Å². The Kier molecular flexibility index (Phi) is 4.68. The Balaban J connectivity index is 2.26. The first kappa shape index (κ1) is 16.9. The summed E-state index contributed by atoms with van der Waals surface area (Å²) in [5.74, 6) is -1.37. The highest BCUT2D eigenvalue weighted by Crippen LogP contribution is 2.41. The van der Waals surface area contributed by atoms with Crippen LogP contribution >= 0.6 is 0 Å². The molecule has 2 atom stereocenters. The van der Waals surface area contributed by atoms with E-state index in [-0.39, 0.29) is 0 Å². The molecule has 0 fully saturated rings. The molecule has 3 rings (SSSR count). The van der Waals surface area contributed by atoms with Crippen molar-refractivity contribution < 1.29 is 14.6 Å². The molecule has 0 amide bonds. The molecular formula is C22H20O3. The summed E-state index contributed by atoms with van der Waals surface area (Å²) in [6, 6.07) is 22.5. The van der Waals surface area contributed by atoms with Crippen LogP contribution in [-0.2, 0) is 15.1 Å². The van der Waals surface area contributed by atoms with Crippen LogP contribution in [0.3, 0.4) is 0 Å². The molecule has 0 aliphatic rings. The molecule has 3 aromatic carbocycles. The number of carbonyl (C=O) groups is 1. The van der Waals surface area contributed by atoms with Crippen molar-refractivity contribution >= 4 is 16.7 Å². The molecule has 0 saturated carbocycles. The van der Waals surface area contributed by atoms with Crippen molar-refractivity contribution in [1.29, 1.82) is 0 Å². The second-order valence-corrected chi connectivity index (χ2v) is 5.91. The van der Waals surface area contributed by atoms with E-state index in [0.717, 1.165) is 16.3 Å². The van der Waals surface area contributed by atoms with E-state index in [2.05, 4.69) is 6.58 Å². The van der Waals surface area contributed by atoms with Gasteiger partial charge < -0.3 is 9.84 Å². The first-order chi connectivity index (χ1) is 12.1. The molecule has 1 N–H and O–H groups in total. The molecular weight excluding hydrogens is 312 g/mol. The largest absolute Gasteiger partial charge is 0.467 e. The Hall–Kier alpha value is -2.91. The Bertz CT molecular complexity index is 896. The third-order valence-electron chi connectivity index (χ3n) is 4.55. The molecule has 0 aliphatic carbocycles. The van der Waals surface area contributed by atoms with Crippen LogP contribution in [0, 0.1) is 0 Å².